The van der Waals surface area contributed by atoms with Gasteiger partial charge >= 0.3 is 0 Å². The number of piperidine rings is 1. The van der Waals surface area contributed by atoms with Gasteiger partial charge in [-0.25, -0.2) is 0 Å². The van der Waals surface area contributed by atoms with Crippen LogP contribution in [0.15, 0.2) is 54.9 Å². The average Bonchev–Trinajstić information content (AvgIpc) is 3.66. The third-order valence-corrected chi connectivity index (χ3v) is 6.57. The van der Waals surface area contributed by atoms with Crippen LogP contribution in [0.25, 0.3) is 11.1 Å². The van der Waals surface area contributed by atoms with Gasteiger partial charge in [-0.1, -0.05) is 30.3 Å². The van der Waals surface area contributed by atoms with Crippen LogP contribution < -0.4 is 10.2 Å². The van der Waals surface area contributed by atoms with E-state index in [9.17, 15) is 4.79 Å². The molecule has 1 aliphatic carbocycles. The van der Waals surface area contributed by atoms with Crippen molar-refractivity contribution in [1.82, 2.24) is 20.4 Å². The van der Waals surface area contributed by atoms with E-state index in [-0.39, 0.29) is 11.8 Å². The van der Waals surface area contributed by atoms with Crippen LogP contribution in [-0.2, 0) is 4.79 Å². The first-order valence-electron chi connectivity index (χ1n) is 11.8. The minimum Gasteiger partial charge on any atom is -0.373 e. The van der Waals surface area contributed by atoms with Gasteiger partial charge in [-0.15, -0.1) is 0 Å². The predicted octanol–water partition coefficient (Wildman–Crippen LogP) is 3.97. The molecule has 1 aromatic heterocycles. The van der Waals surface area contributed by atoms with Crippen molar-refractivity contribution < 1.29 is 4.79 Å². The Morgan fingerprint density at radius 2 is 1.78 bits per heavy atom. The quantitative estimate of drug-likeness (QED) is 0.693. The van der Waals surface area contributed by atoms with E-state index in [1.54, 1.807) is 6.20 Å². The van der Waals surface area contributed by atoms with Crippen LogP contribution in [0.1, 0.15) is 37.2 Å². The smallest absolute Gasteiger partial charge is 0.225 e. The van der Waals surface area contributed by atoms with Crippen molar-refractivity contribution in [3.05, 3.63) is 60.4 Å². The topological polar surface area (TPSA) is 64.3 Å². The van der Waals surface area contributed by atoms with E-state index in [0.717, 1.165) is 49.3 Å². The van der Waals surface area contributed by atoms with Crippen molar-refractivity contribution in [3.8, 4) is 11.1 Å². The van der Waals surface area contributed by atoms with Gasteiger partial charge in [-0.3, -0.25) is 9.89 Å². The molecule has 2 aromatic rings. The Balaban J connectivity index is 1.46. The van der Waals surface area contributed by atoms with Gasteiger partial charge < -0.3 is 15.1 Å². The summed E-state index contributed by atoms with van der Waals surface area (Å²) < 4.78 is 0. The standard InChI is InChI=1S/C26H35N5O/c1-30(16-17-31(2)26(32)22-9-10-22)25-12-11-24(19-29-28-15-13-25)21-7-5-20(6-8-21)23-4-3-14-27-18-23/h5-8,11-13,15,19,22-23,27,29H,3-4,9-10,14,16-18H2,1-2H3. The summed E-state index contributed by atoms with van der Waals surface area (Å²) >= 11 is 0. The zero-order chi connectivity index (χ0) is 22.3. The maximum atomic E-state index is 12.2. The van der Waals surface area contributed by atoms with Gasteiger partial charge in [0.05, 0.1) is 0 Å². The number of anilines is 1. The number of amides is 1. The van der Waals surface area contributed by atoms with Crippen molar-refractivity contribution in [3.63, 3.8) is 0 Å². The maximum Gasteiger partial charge on any atom is 0.225 e. The highest BCUT2D eigenvalue weighted by molar-refractivity contribution is 5.80. The van der Waals surface area contributed by atoms with Gasteiger partial charge in [0, 0.05) is 57.7 Å². The minimum atomic E-state index is 0.265. The van der Waals surface area contributed by atoms with Crippen molar-refractivity contribution in [1.29, 1.82) is 0 Å². The molecule has 1 atom stereocenters. The number of nitrogens with zero attached hydrogens (tertiary/aromatic N) is 3. The Morgan fingerprint density at radius 1 is 1.00 bits per heavy atom. The number of carbonyl (C=O) groups excluding carboxylic acids is 1. The number of aromatic amines is 1. The highest BCUT2D eigenvalue weighted by Gasteiger charge is 2.31. The summed E-state index contributed by atoms with van der Waals surface area (Å²) in [6, 6.07) is 15.2. The highest BCUT2D eigenvalue weighted by atomic mass is 16.2. The molecule has 1 saturated carbocycles. The lowest BCUT2D eigenvalue weighted by Crippen LogP contribution is -2.35. The second-order valence-electron chi connectivity index (χ2n) is 9.05. The van der Waals surface area contributed by atoms with Crippen LogP contribution in [0.5, 0.6) is 0 Å². The van der Waals surface area contributed by atoms with Gasteiger partial charge in [0.15, 0.2) is 0 Å². The average molecular weight is 434 g/mol. The molecule has 6 nitrogen and oxygen atoms in total. The van der Waals surface area contributed by atoms with Crippen molar-refractivity contribution in [2.75, 3.05) is 45.2 Å². The molecule has 4 rings (SSSR count). The van der Waals surface area contributed by atoms with Crippen LogP contribution in [0, 0.1) is 5.92 Å². The number of rotatable bonds is 7. The Hall–Kier alpha value is -2.86. The highest BCUT2D eigenvalue weighted by Crippen LogP contribution is 2.30. The van der Waals surface area contributed by atoms with Crippen LogP contribution in [0.2, 0.25) is 0 Å². The first-order chi connectivity index (χ1) is 15.6. The van der Waals surface area contributed by atoms with Crippen LogP contribution in [0.3, 0.4) is 0 Å². The fourth-order valence-corrected chi connectivity index (χ4v) is 4.24. The van der Waals surface area contributed by atoms with E-state index in [4.69, 9.17) is 0 Å². The van der Waals surface area contributed by atoms with Gasteiger partial charge in [0.25, 0.3) is 0 Å². The fraction of sp³-hybridized carbons (Fsp3) is 0.462. The summed E-state index contributed by atoms with van der Waals surface area (Å²) in [7, 11) is 3.96. The Morgan fingerprint density at radius 3 is 2.50 bits per heavy atom. The molecular formula is C26H35N5O. The first kappa shape index (κ1) is 22.3. The molecule has 2 aliphatic rings. The summed E-state index contributed by atoms with van der Waals surface area (Å²) in [5.41, 5.74) is 4.71. The van der Waals surface area contributed by atoms with Gasteiger partial charge in [0.1, 0.15) is 0 Å². The van der Waals surface area contributed by atoms with E-state index >= 15 is 0 Å². The van der Waals surface area contributed by atoms with Gasteiger partial charge in [-0.05, 0) is 67.0 Å². The number of carbonyl (C=O) groups is 1. The zero-order valence-corrected chi connectivity index (χ0v) is 19.3. The summed E-state index contributed by atoms with van der Waals surface area (Å²) in [4.78, 5) is 16.2. The molecule has 0 radical (unpaired) electrons. The molecule has 2 N–H and O–H groups in total. The fourth-order valence-electron chi connectivity index (χ4n) is 4.24. The molecule has 1 amide bonds. The summed E-state index contributed by atoms with van der Waals surface area (Å²) in [6.07, 6.45) is 8.30. The number of nitrogens with one attached hydrogen (secondary N) is 2. The normalized spacial score (nSPS) is 18.0. The summed E-state index contributed by atoms with van der Waals surface area (Å²) in [6.45, 7) is 3.69. The predicted molar refractivity (Wildman–Crippen MR) is 130 cm³/mol. The summed E-state index contributed by atoms with van der Waals surface area (Å²) in [5.74, 6) is 1.15. The molecule has 0 bridgehead atoms. The number of aromatic nitrogens is 2. The molecule has 1 aromatic carbocycles. The van der Waals surface area contributed by atoms with Gasteiger partial charge in [-0.2, -0.15) is 5.10 Å². The van der Waals surface area contributed by atoms with Crippen LogP contribution >= 0.6 is 0 Å². The Kier molecular flexibility index (Phi) is 7.43. The molecular weight excluding hydrogens is 398 g/mol. The zero-order valence-electron chi connectivity index (χ0n) is 19.3. The molecule has 170 valence electrons. The number of hydrogen-bond donors (Lipinski definition) is 2. The van der Waals surface area contributed by atoms with E-state index in [0.29, 0.717) is 12.5 Å². The Bertz CT molecular complexity index is 943. The molecule has 2 heterocycles. The van der Waals surface area contributed by atoms with E-state index in [1.165, 1.54) is 18.4 Å². The first-order valence-corrected chi connectivity index (χ1v) is 11.8. The molecule has 1 aliphatic heterocycles. The number of likely N-dealkylation sites (N-methyl/N-ethyl adjacent to an activating group) is 2. The monoisotopic (exact) mass is 433 g/mol. The molecule has 6 heteroatoms. The van der Waals surface area contributed by atoms with Crippen molar-refractivity contribution >= 4 is 11.6 Å². The number of H-pyrrole nitrogens is 1. The largest absolute Gasteiger partial charge is 0.373 e. The molecule has 0 spiro atoms. The molecule has 1 saturated heterocycles. The molecule has 1 unspecified atom stereocenters. The second kappa shape index (κ2) is 10.6. The number of benzene rings is 1. The van der Waals surface area contributed by atoms with Crippen molar-refractivity contribution in [2.24, 2.45) is 5.92 Å². The lowest BCUT2D eigenvalue weighted by Gasteiger charge is -2.23. The lowest BCUT2D eigenvalue weighted by atomic mass is 9.91. The second-order valence-corrected chi connectivity index (χ2v) is 9.05. The van der Waals surface area contributed by atoms with Crippen molar-refractivity contribution in [2.45, 2.75) is 31.6 Å². The summed E-state index contributed by atoms with van der Waals surface area (Å²) in [5, 5.41) is 10.8. The molecule has 32 heavy (non-hydrogen) atoms. The molecule has 2 fully saturated rings. The lowest BCUT2D eigenvalue weighted by molar-refractivity contribution is -0.131. The third-order valence-electron chi connectivity index (χ3n) is 6.57. The van der Waals surface area contributed by atoms with Crippen LogP contribution in [0.4, 0.5) is 5.69 Å². The minimum absolute atomic E-state index is 0.265. The SMILES string of the molecule is CN(CCN(C)c1ccn[nH]cc(-c2ccc(C3CCCNC3)cc2)cc1)C(=O)C1CC1. The maximum absolute atomic E-state index is 12.2. The van der Waals surface area contributed by atoms with E-state index < -0.39 is 0 Å². The van der Waals surface area contributed by atoms with E-state index in [1.807, 2.05) is 24.2 Å². The van der Waals surface area contributed by atoms with Gasteiger partial charge in [0.2, 0.25) is 5.91 Å². The number of hydrogen-bond acceptors (Lipinski definition) is 4. The van der Waals surface area contributed by atoms with E-state index in [2.05, 4.69) is 63.9 Å². The van der Waals surface area contributed by atoms with Crippen LogP contribution in [-0.4, -0.2) is 61.3 Å². The Labute approximate surface area is 191 Å². The third kappa shape index (κ3) is 5.88.